The minimum atomic E-state index is -1.03. The van der Waals surface area contributed by atoms with Crippen molar-refractivity contribution in [3.63, 3.8) is 0 Å². The minimum Gasteiger partial charge on any atom is -0.445 e. The van der Waals surface area contributed by atoms with E-state index >= 15 is 0 Å². The molecule has 0 radical (unpaired) electrons. The summed E-state index contributed by atoms with van der Waals surface area (Å²) in [5.41, 5.74) is 7.00. The Hall–Kier alpha value is -6.33. The van der Waals surface area contributed by atoms with Gasteiger partial charge in [-0.25, -0.2) is 9.59 Å². The number of hydrogen-bond acceptors (Lipinski definition) is 10. The van der Waals surface area contributed by atoms with Gasteiger partial charge >= 0.3 is 12.1 Å². The lowest BCUT2D eigenvalue weighted by Gasteiger charge is -2.31. The Bertz CT molecular complexity index is 1850. The first-order chi connectivity index (χ1) is 29.2. The standard InChI is InChI=1S/C43H59N9O9/c1-27(2)38(51-35(53)9-5-4-6-25-52-36(54)18-19-37(52)55)41(58)50-34(8-7-22-46-42(44)59)40(57)49-32-16-10-29(11-17-32)26-61-43(60)47-28(3)30-12-14-31(15-13-30)39(56)48-33-20-23-45-24-21-33/h10-11,16-21,23-24,27-28,30-31,34,38H,4-9,12-15,22,25-26H2,1-3H3,(H,47,60)(H,49,57)(H,50,58)(H,51,53)(H3,44,46,59)(H,45,48,56)/t28-,30?,31?,34+,38+/m1/s1. The van der Waals surface area contributed by atoms with Crippen LogP contribution in [0.1, 0.15) is 90.5 Å². The second kappa shape index (κ2) is 24.1. The van der Waals surface area contributed by atoms with Crippen LogP contribution in [0.25, 0.3) is 0 Å². The first-order valence-corrected chi connectivity index (χ1v) is 20.9. The zero-order chi connectivity index (χ0) is 44.3. The molecule has 2 heterocycles. The van der Waals surface area contributed by atoms with Gasteiger partial charge in [-0.05, 0) is 100.0 Å². The third-order valence-electron chi connectivity index (χ3n) is 10.8. The average Bonchev–Trinajstić information content (AvgIpc) is 3.56. The number of unbranched alkanes of at least 4 members (excludes halogenated alkanes) is 2. The van der Waals surface area contributed by atoms with Crippen molar-refractivity contribution >= 4 is 58.9 Å². The van der Waals surface area contributed by atoms with E-state index in [0.29, 0.717) is 42.6 Å². The van der Waals surface area contributed by atoms with Crippen molar-refractivity contribution in [1.82, 2.24) is 31.2 Å². The number of ether oxygens (including phenoxy) is 1. The smallest absolute Gasteiger partial charge is 0.407 e. The number of carbonyl (C=O) groups is 8. The van der Waals surface area contributed by atoms with Crippen LogP contribution in [-0.2, 0) is 40.1 Å². The average molecular weight is 846 g/mol. The first kappa shape index (κ1) is 47.3. The molecule has 1 aromatic carbocycles. The molecule has 2 aliphatic rings. The van der Waals surface area contributed by atoms with E-state index in [1.54, 1.807) is 62.6 Å². The van der Waals surface area contributed by atoms with Gasteiger partial charge in [0.15, 0.2) is 0 Å². The fourth-order valence-electron chi connectivity index (χ4n) is 7.18. The number of hydrogen-bond donors (Lipinski definition) is 7. The van der Waals surface area contributed by atoms with E-state index in [1.807, 2.05) is 6.92 Å². The van der Waals surface area contributed by atoms with Crippen LogP contribution in [0.5, 0.6) is 0 Å². The number of urea groups is 1. The maximum Gasteiger partial charge on any atom is 0.407 e. The van der Waals surface area contributed by atoms with Crippen LogP contribution in [-0.4, -0.2) is 88.7 Å². The van der Waals surface area contributed by atoms with Gasteiger partial charge in [0.1, 0.15) is 18.7 Å². The summed E-state index contributed by atoms with van der Waals surface area (Å²) < 4.78 is 5.47. The molecule has 330 valence electrons. The van der Waals surface area contributed by atoms with Gasteiger partial charge in [0.25, 0.3) is 11.8 Å². The molecule has 0 spiro atoms. The lowest BCUT2D eigenvalue weighted by atomic mass is 9.78. The lowest BCUT2D eigenvalue weighted by Crippen LogP contribution is -2.54. The molecule has 1 aliphatic carbocycles. The molecule has 0 saturated heterocycles. The SMILES string of the molecule is CC(C)[C@H](NC(=O)CCCCCN1C(=O)C=CC1=O)C(=O)N[C@@H](CCCNC(N)=O)C(=O)Nc1ccc(COC(=O)N[C@H](C)C2CCC(C(=O)Nc3ccncc3)CC2)cc1. The van der Waals surface area contributed by atoms with Gasteiger partial charge in [-0.15, -0.1) is 0 Å². The molecule has 1 saturated carbocycles. The Balaban J connectivity index is 1.21. The van der Waals surface area contributed by atoms with Crippen molar-refractivity contribution in [3.05, 3.63) is 66.5 Å². The zero-order valence-corrected chi connectivity index (χ0v) is 35.1. The number of rotatable bonds is 22. The zero-order valence-electron chi connectivity index (χ0n) is 35.1. The van der Waals surface area contributed by atoms with Crippen LogP contribution in [0.4, 0.5) is 21.0 Å². The highest BCUT2D eigenvalue weighted by atomic mass is 16.5. The quantitative estimate of drug-likeness (QED) is 0.0669. The molecule has 18 nitrogen and oxygen atoms in total. The number of imide groups is 1. The molecular weight excluding hydrogens is 787 g/mol. The minimum absolute atomic E-state index is 0.0111. The van der Waals surface area contributed by atoms with Gasteiger partial charge in [-0.1, -0.05) is 32.4 Å². The Morgan fingerprint density at radius 3 is 2.08 bits per heavy atom. The normalized spacial score (nSPS) is 17.5. The number of amides is 9. The summed E-state index contributed by atoms with van der Waals surface area (Å²) in [5, 5.41) is 16.6. The van der Waals surface area contributed by atoms with E-state index in [1.165, 1.54) is 12.2 Å². The summed E-state index contributed by atoms with van der Waals surface area (Å²) >= 11 is 0. The highest BCUT2D eigenvalue weighted by Gasteiger charge is 2.31. The number of benzene rings is 1. The van der Waals surface area contributed by atoms with Crippen LogP contribution in [0.15, 0.2) is 60.9 Å². The molecule has 1 aliphatic heterocycles. The molecule has 1 aromatic heterocycles. The van der Waals surface area contributed by atoms with E-state index in [9.17, 15) is 38.4 Å². The van der Waals surface area contributed by atoms with Crippen molar-refractivity contribution in [1.29, 1.82) is 0 Å². The fraction of sp³-hybridized carbons (Fsp3) is 0.512. The van der Waals surface area contributed by atoms with Crippen LogP contribution in [0, 0.1) is 17.8 Å². The fourth-order valence-corrected chi connectivity index (χ4v) is 7.18. The van der Waals surface area contributed by atoms with E-state index in [0.717, 1.165) is 30.6 Å². The van der Waals surface area contributed by atoms with Gasteiger partial charge in [0.05, 0.1) is 0 Å². The Morgan fingerprint density at radius 2 is 1.44 bits per heavy atom. The van der Waals surface area contributed by atoms with Gasteiger partial charge in [0.2, 0.25) is 23.6 Å². The number of primary amides is 1. The monoisotopic (exact) mass is 845 g/mol. The Kier molecular flexibility index (Phi) is 18.7. The largest absolute Gasteiger partial charge is 0.445 e. The summed E-state index contributed by atoms with van der Waals surface area (Å²) in [7, 11) is 0. The number of alkyl carbamates (subject to hydrolysis) is 1. The van der Waals surface area contributed by atoms with Crippen LogP contribution in [0.2, 0.25) is 0 Å². The summed E-state index contributed by atoms with van der Waals surface area (Å²) in [6, 6.07) is 7.34. The molecule has 8 N–H and O–H groups in total. The molecular formula is C43H59N9O9. The summed E-state index contributed by atoms with van der Waals surface area (Å²) in [5.74, 6) is -2.35. The summed E-state index contributed by atoms with van der Waals surface area (Å²) in [6.45, 7) is 5.89. The molecule has 3 atom stereocenters. The van der Waals surface area contributed by atoms with Gasteiger partial charge in [-0.3, -0.25) is 38.7 Å². The van der Waals surface area contributed by atoms with Crippen LogP contribution in [0.3, 0.4) is 0 Å². The molecule has 2 aromatic rings. The van der Waals surface area contributed by atoms with Crippen molar-refractivity contribution in [2.24, 2.45) is 23.5 Å². The molecule has 4 rings (SSSR count). The number of nitrogens with two attached hydrogens (primary N) is 1. The van der Waals surface area contributed by atoms with E-state index in [4.69, 9.17) is 10.5 Å². The van der Waals surface area contributed by atoms with Crippen LogP contribution >= 0.6 is 0 Å². The Morgan fingerprint density at radius 1 is 0.787 bits per heavy atom. The number of nitrogens with zero attached hydrogens (tertiary/aromatic N) is 2. The van der Waals surface area contributed by atoms with Gasteiger partial charge < -0.3 is 42.4 Å². The molecule has 0 bridgehead atoms. The van der Waals surface area contributed by atoms with Crippen molar-refractivity contribution < 1.29 is 43.1 Å². The van der Waals surface area contributed by atoms with E-state index in [2.05, 4.69) is 36.9 Å². The Labute approximate surface area is 355 Å². The number of pyridine rings is 1. The number of aromatic nitrogens is 1. The summed E-state index contributed by atoms with van der Waals surface area (Å²) in [6.07, 6.45) is 10.4. The number of carbonyl (C=O) groups excluding carboxylic acids is 8. The highest BCUT2D eigenvalue weighted by molar-refractivity contribution is 6.12. The van der Waals surface area contributed by atoms with Crippen molar-refractivity contribution in [2.75, 3.05) is 23.7 Å². The molecule has 1 fully saturated rings. The molecule has 9 amide bonds. The van der Waals surface area contributed by atoms with E-state index in [-0.39, 0.29) is 80.0 Å². The molecule has 18 heteroatoms. The predicted molar refractivity (Wildman–Crippen MR) is 226 cm³/mol. The lowest BCUT2D eigenvalue weighted by molar-refractivity contribution is -0.137. The number of anilines is 2. The highest BCUT2D eigenvalue weighted by Crippen LogP contribution is 2.32. The van der Waals surface area contributed by atoms with Gasteiger partial charge in [0, 0.05) is 67.4 Å². The topological polar surface area (TPSA) is 260 Å². The second-order valence-electron chi connectivity index (χ2n) is 15.8. The molecule has 61 heavy (non-hydrogen) atoms. The maximum atomic E-state index is 13.5. The van der Waals surface area contributed by atoms with E-state index < -0.39 is 36.0 Å². The van der Waals surface area contributed by atoms with Gasteiger partial charge in [-0.2, -0.15) is 0 Å². The summed E-state index contributed by atoms with van der Waals surface area (Å²) in [4.78, 5) is 105. The third kappa shape index (κ3) is 16.0. The number of nitrogens with one attached hydrogen (secondary N) is 6. The van der Waals surface area contributed by atoms with Crippen LogP contribution < -0.4 is 37.6 Å². The van der Waals surface area contributed by atoms with Crippen molar-refractivity contribution in [3.8, 4) is 0 Å². The maximum absolute atomic E-state index is 13.5. The van der Waals surface area contributed by atoms with Crippen molar-refractivity contribution in [2.45, 2.75) is 110 Å². The second-order valence-corrected chi connectivity index (χ2v) is 15.8. The third-order valence-corrected chi connectivity index (χ3v) is 10.8. The predicted octanol–water partition coefficient (Wildman–Crippen LogP) is 3.64. The molecule has 0 unspecified atom stereocenters. The first-order valence-electron chi connectivity index (χ1n) is 20.9.